The molecule has 2 amide bonds. The summed E-state index contributed by atoms with van der Waals surface area (Å²) in [5, 5.41) is 18.1. The molecule has 7 heteroatoms. The molecular weight excluding hydrogens is 288 g/mol. The van der Waals surface area contributed by atoms with E-state index >= 15 is 0 Å². The fraction of sp³-hybridized carbons (Fsp3) is 0.467. The molecule has 1 aromatic carbocycles. The van der Waals surface area contributed by atoms with Crippen LogP contribution in [0.1, 0.15) is 40.4 Å². The first kappa shape index (κ1) is 16.3. The van der Waals surface area contributed by atoms with Crippen molar-refractivity contribution in [3.05, 3.63) is 34.9 Å². The molecule has 7 nitrogen and oxygen atoms in total. The van der Waals surface area contributed by atoms with Crippen molar-refractivity contribution in [1.29, 1.82) is 0 Å². The number of carbonyl (C=O) groups excluding carboxylic acids is 1. The topological polar surface area (TPSA) is 99.1 Å². The SMILES string of the molecule is COCCCC1c2ccc(C(=O)NO)cc2CCN1C(=O)O. The third-order valence-corrected chi connectivity index (χ3v) is 3.94. The van der Waals surface area contributed by atoms with Crippen LogP contribution in [0.2, 0.25) is 0 Å². The zero-order chi connectivity index (χ0) is 16.1. The van der Waals surface area contributed by atoms with Crippen LogP contribution in [0.3, 0.4) is 0 Å². The van der Waals surface area contributed by atoms with Gasteiger partial charge in [-0.3, -0.25) is 10.0 Å². The predicted octanol–water partition coefficient (Wildman–Crippen LogP) is 1.81. The molecule has 1 heterocycles. The van der Waals surface area contributed by atoms with Gasteiger partial charge >= 0.3 is 6.09 Å². The minimum absolute atomic E-state index is 0.234. The van der Waals surface area contributed by atoms with Crippen molar-refractivity contribution in [2.45, 2.75) is 25.3 Å². The Balaban J connectivity index is 2.29. The second kappa shape index (κ2) is 7.24. The molecule has 1 aliphatic heterocycles. The molecule has 1 atom stereocenters. The van der Waals surface area contributed by atoms with Crippen molar-refractivity contribution in [1.82, 2.24) is 10.4 Å². The zero-order valence-corrected chi connectivity index (χ0v) is 12.4. The lowest BCUT2D eigenvalue weighted by atomic mass is 9.89. The van der Waals surface area contributed by atoms with Crippen molar-refractivity contribution in [3.8, 4) is 0 Å². The molecule has 0 spiro atoms. The number of methoxy groups -OCH3 is 1. The highest BCUT2D eigenvalue weighted by Gasteiger charge is 2.30. The molecule has 2 rings (SSSR count). The summed E-state index contributed by atoms with van der Waals surface area (Å²) < 4.78 is 5.04. The smallest absolute Gasteiger partial charge is 0.407 e. The average Bonchev–Trinajstić information content (AvgIpc) is 2.53. The van der Waals surface area contributed by atoms with Crippen molar-refractivity contribution < 1.29 is 24.6 Å². The van der Waals surface area contributed by atoms with E-state index in [1.54, 1.807) is 30.8 Å². The highest BCUT2D eigenvalue weighted by molar-refractivity contribution is 5.93. The largest absolute Gasteiger partial charge is 0.465 e. The summed E-state index contributed by atoms with van der Waals surface area (Å²) in [7, 11) is 1.61. The van der Waals surface area contributed by atoms with E-state index in [2.05, 4.69) is 0 Å². The number of nitrogens with zero attached hydrogens (tertiary/aromatic N) is 1. The number of hydroxylamine groups is 1. The molecule has 0 bridgehead atoms. The Morgan fingerprint density at radius 3 is 2.86 bits per heavy atom. The average molecular weight is 308 g/mol. The maximum Gasteiger partial charge on any atom is 0.407 e. The van der Waals surface area contributed by atoms with Crippen LogP contribution in [0.25, 0.3) is 0 Å². The van der Waals surface area contributed by atoms with Gasteiger partial charge in [0.25, 0.3) is 5.91 Å². The van der Waals surface area contributed by atoms with Crippen LogP contribution in [-0.4, -0.2) is 47.5 Å². The lowest BCUT2D eigenvalue weighted by Crippen LogP contribution is -2.39. The highest BCUT2D eigenvalue weighted by Crippen LogP contribution is 2.33. The highest BCUT2D eigenvalue weighted by atomic mass is 16.5. The summed E-state index contributed by atoms with van der Waals surface area (Å²) in [4.78, 5) is 24.3. The molecule has 0 saturated heterocycles. The quantitative estimate of drug-likeness (QED) is 0.438. The molecule has 0 fully saturated rings. The first-order valence-corrected chi connectivity index (χ1v) is 7.14. The number of carboxylic acid groups (broad SMARTS) is 1. The minimum atomic E-state index is -0.940. The molecular formula is C15H20N2O5. The van der Waals surface area contributed by atoms with E-state index in [1.807, 2.05) is 0 Å². The zero-order valence-electron chi connectivity index (χ0n) is 12.4. The molecule has 1 aliphatic rings. The van der Waals surface area contributed by atoms with Gasteiger partial charge in [-0.25, -0.2) is 10.3 Å². The van der Waals surface area contributed by atoms with Crippen LogP contribution in [0.15, 0.2) is 18.2 Å². The van der Waals surface area contributed by atoms with E-state index in [-0.39, 0.29) is 6.04 Å². The molecule has 1 unspecified atom stereocenters. The Morgan fingerprint density at radius 2 is 2.23 bits per heavy atom. The normalized spacial score (nSPS) is 17.0. The third kappa shape index (κ3) is 3.37. The number of amides is 2. The summed E-state index contributed by atoms with van der Waals surface area (Å²) >= 11 is 0. The Kier molecular flexibility index (Phi) is 5.35. The van der Waals surface area contributed by atoms with Crippen LogP contribution in [0.5, 0.6) is 0 Å². The summed E-state index contributed by atoms with van der Waals surface area (Å²) in [6.07, 6.45) is 1.03. The molecule has 120 valence electrons. The van der Waals surface area contributed by atoms with Gasteiger partial charge in [-0.1, -0.05) is 6.07 Å². The van der Waals surface area contributed by atoms with Gasteiger partial charge in [-0.05, 0) is 42.5 Å². The summed E-state index contributed by atoms with van der Waals surface area (Å²) in [5.74, 6) is -0.570. The second-order valence-electron chi connectivity index (χ2n) is 5.23. The molecule has 3 N–H and O–H groups in total. The molecule has 0 saturated carbocycles. The van der Waals surface area contributed by atoms with Crippen LogP contribution < -0.4 is 5.48 Å². The Bertz CT molecular complexity index is 561. The fourth-order valence-corrected chi connectivity index (χ4v) is 2.88. The van der Waals surface area contributed by atoms with E-state index in [0.717, 1.165) is 17.5 Å². The van der Waals surface area contributed by atoms with E-state index in [0.29, 0.717) is 31.6 Å². The van der Waals surface area contributed by atoms with Gasteiger partial charge in [0, 0.05) is 25.8 Å². The third-order valence-electron chi connectivity index (χ3n) is 3.94. The summed E-state index contributed by atoms with van der Waals surface area (Å²) in [5.41, 5.74) is 3.83. The predicted molar refractivity (Wildman–Crippen MR) is 78.0 cm³/mol. The number of hydrogen-bond donors (Lipinski definition) is 3. The van der Waals surface area contributed by atoms with E-state index in [4.69, 9.17) is 9.94 Å². The number of hydrogen-bond acceptors (Lipinski definition) is 4. The molecule has 22 heavy (non-hydrogen) atoms. The van der Waals surface area contributed by atoms with Crippen LogP contribution >= 0.6 is 0 Å². The van der Waals surface area contributed by atoms with E-state index in [1.165, 1.54) is 4.90 Å². The van der Waals surface area contributed by atoms with Gasteiger partial charge in [0.1, 0.15) is 0 Å². The molecule has 1 aromatic rings. The molecule has 0 radical (unpaired) electrons. The Morgan fingerprint density at radius 1 is 1.45 bits per heavy atom. The number of ether oxygens (including phenoxy) is 1. The molecule has 0 aromatic heterocycles. The maximum absolute atomic E-state index is 11.5. The Hall–Kier alpha value is -2.12. The standard InChI is InChI=1S/C15H20N2O5/c1-22-8-2-3-13-12-5-4-11(14(18)16-21)9-10(12)6-7-17(13)15(19)20/h4-5,9,13,21H,2-3,6-8H2,1H3,(H,16,18)(H,19,20). The summed E-state index contributed by atoms with van der Waals surface area (Å²) in [6.45, 7) is 0.967. The monoisotopic (exact) mass is 308 g/mol. The number of rotatable bonds is 5. The van der Waals surface area contributed by atoms with E-state index in [9.17, 15) is 14.7 Å². The fourth-order valence-electron chi connectivity index (χ4n) is 2.88. The van der Waals surface area contributed by atoms with Gasteiger partial charge in [-0.2, -0.15) is 0 Å². The van der Waals surface area contributed by atoms with Crippen molar-refractivity contribution in [3.63, 3.8) is 0 Å². The van der Waals surface area contributed by atoms with Crippen molar-refractivity contribution in [2.75, 3.05) is 20.3 Å². The van der Waals surface area contributed by atoms with Crippen LogP contribution in [0.4, 0.5) is 4.79 Å². The maximum atomic E-state index is 11.5. The van der Waals surface area contributed by atoms with E-state index < -0.39 is 12.0 Å². The van der Waals surface area contributed by atoms with Gasteiger partial charge < -0.3 is 14.7 Å². The lowest BCUT2D eigenvalue weighted by molar-refractivity contribution is 0.0705. The van der Waals surface area contributed by atoms with Crippen molar-refractivity contribution in [2.24, 2.45) is 0 Å². The van der Waals surface area contributed by atoms with Gasteiger partial charge in [-0.15, -0.1) is 0 Å². The molecule has 0 aliphatic carbocycles. The van der Waals surface area contributed by atoms with Gasteiger partial charge in [0.2, 0.25) is 0 Å². The summed E-state index contributed by atoms with van der Waals surface area (Å²) in [6, 6.07) is 4.84. The minimum Gasteiger partial charge on any atom is -0.465 e. The van der Waals surface area contributed by atoms with Crippen LogP contribution in [-0.2, 0) is 11.2 Å². The Labute approximate surface area is 128 Å². The van der Waals surface area contributed by atoms with Crippen molar-refractivity contribution >= 4 is 12.0 Å². The lowest BCUT2D eigenvalue weighted by Gasteiger charge is -2.35. The number of nitrogens with one attached hydrogen (secondary N) is 1. The number of benzene rings is 1. The van der Waals surface area contributed by atoms with Gasteiger partial charge in [0.15, 0.2) is 0 Å². The first-order valence-electron chi connectivity index (χ1n) is 7.14. The number of fused-ring (bicyclic) bond motifs is 1. The van der Waals surface area contributed by atoms with Crippen LogP contribution in [0, 0.1) is 0 Å². The second-order valence-corrected chi connectivity index (χ2v) is 5.23. The number of carbonyl (C=O) groups is 2. The first-order chi connectivity index (χ1) is 10.6. The van der Waals surface area contributed by atoms with Gasteiger partial charge in [0.05, 0.1) is 6.04 Å².